The van der Waals surface area contributed by atoms with Crippen molar-refractivity contribution in [3.8, 4) is 0 Å². The van der Waals surface area contributed by atoms with Crippen LogP contribution < -0.4 is 10.6 Å². The molecule has 2 amide bonds. The molecule has 1 saturated heterocycles. The Kier molecular flexibility index (Phi) is 5.90. The third-order valence-electron chi connectivity index (χ3n) is 4.34. The number of urea groups is 1. The molecule has 1 aliphatic rings. The monoisotopic (exact) mass is 348 g/mol. The van der Waals surface area contributed by atoms with Gasteiger partial charge in [-0.05, 0) is 24.6 Å². The van der Waals surface area contributed by atoms with Crippen molar-refractivity contribution in [1.82, 2.24) is 20.4 Å². The number of rotatable bonds is 6. The first-order valence-corrected chi connectivity index (χ1v) is 9.09. The molecule has 3 rings (SSSR count). The number of furan rings is 1. The van der Waals surface area contributed by atoms with E-state index in [1.807, 2.05) is 6.07 Å². The summed E-state index contributed by atoms with van der Waals surface area (Å²) in [6, 6.07) is 6.16. The normalized spacial score (nSPS) is 17.5. The Balaban J connectivity index is 1.53. The number of piperazine rings is 1. The van der Waals surface area contributed by atoms with Crippen LogP contribution in [0.15, 0.2) is 40.5 Å². The molecule has 0 aliphatic carbocycles. The quantitative estimate of drug-likeness (QED) is 0.840. The van der Waals surface area contributed by atoms with Crippen molar-refractivity contribution in [1.29, 1.82) is 0 Å². The highest BCUT2D eigenvalue weighted by Gasteiger charge is 2.25. The molecule has 2 N–H and O–H groups in total. The van der Waals surface area contributed by atoms with Crippen molar-refractivity contribution in [3.63, 3.8) is 0 Å². The molecule has 130 valence electrons. The minimum absolute atomic E-state index is 0.146. The van der Waals surface area contributed by atoms with Gasteiger partial charge in [-0.15, -0.1) is 11.3 Å². The number of amides is 2. The average Bonchev–Trinajstić information content (AvgIpc) is 3.28. The minimum atomic E-state index is -0.146. The lowest BCUT2D eigenvalue weighted by Crippen LogP contribution is -2.49. The molecule has 2 aromatic heterocycles. The van der Waals surface area contributed by atoms with Crippen LogP contribution in [0.1, 0.15) is 16.5 Å². The Morgan fingerprint density at radius 2 is 2.12 bits per heavy atom. The lowest BCUT2D eigenvalue weighted by Gasteiger charge is -2.37. The highest BCUT2D eigenvalue weighted by molar-refractivity contribution is 7.10. The number of nitrogens with zero attached hydrogens (tertiary/aromatic N) is 2. The van der Waals surface area contributed by atoms with Gasteiger partial charge < -0.3 is 20.0 Å². The second kappa shape index (κ2) is 8.32. The van der Waals surface area contributed by atoms with Crippen molar-refractivity contribution in [2.45, 2.75) is 12.6 Å². The molecular weight excluding hydrogens is 324 g/mol. The third-order valence-corrected chi connectivity index (χ3v) is 5.31. The van der Waals surface area contributed by atoms with Gasteiger partial charge in [0.05, 0.1) is 18.6 Å². The van der Waals surface area contributed by atoms with Gasteiger partial charge in [0.25, 0.3) is 0 Å². The molecule has 0 spiro atoms. The smallest absolute Gasteiger partial charge is 0.315 e. The summed E-state index contributed by atoms with van der Waals surface area (Å²) in [5.74, 6) is 0. The first-order chi connectivity index (χ1) is 11.7. The first kappa shape index (κ1) is 17.0. The van der Waals surface area contributed by atoms with E-state index in [0.29, 0.717) is 13.1 Å². The van der Waals surface area contributed by atoms with Gasteiger partial charge in [-0.2, -0.15) is 0 Å². The second-order valence-corrected chi connectivity index (χ2v) is 7.04. The number of carbonyl (C=O) groups excluding carboxylic acids is 1. The first-order valence-electron chi connectivity index (χ1n) is 8.21. The van der Waals surface area contributed by atoms with Gasteiger partial charge >= 0.3 is 6.03 Å². The lowest BCUT2D eigenvalue weighted by atomic mass is 10.1. The molecule has 6 nitrogen and oxygen atoms in total. The molecule has 0 unspecified atom stereocenters. The van der Waals surface area contributed by atoms with Gasteiger partial charge in [-0.3, -0.25) is 4.90 Å². The fraction of sp³-hybridized carbons (Fsp3) is 0.471. The maximum atomic E-state index is 12.1. The molecule has 2 aromatic rings. The second-order valence-electron chi connectivity index (χ2n) is 6.07. The van der Waals surface area contributed by atoms with Crippen LogP contribution in [0.2, 0.25) is 0 Å². The molecular formula is C17H24N4O2S. The molecule has 0 aromatic carbocycles. The topological polar surface area (TPSA) is 60.8 Å². The highest BCUT2D eigenvalue weighted by atomic mass is 32.1. The van der Waals surface area contributed by atoms with Crippen molar-refractivity contribution in [2.24, 2.45) is 0 Å². The molecule has 0 radical (unpaired) electrons. The van der Waals surface area contributed by atoms with E-state index in [-0.39, 0.29) is 12.1 Å². The Labute approximate surface area is 146 Å². The maximum absolute atomic E-state index is 12.1. The van der Waals surface area contributed by atoms with E-state index >= 15 is 0 Å². The van der Waals surface area contributed by atoms with Crippen molar-refractivity contribution < 1.29 is 9.21 Å². The van der Waals surface area contributed by atoms with E-state index in [9.17, 15) is 4.79 Å². The predicted octanol–water partition coefficient (Wildman–Crippen LogP) is 2.13. The number of likely N-dealkylation sites (N-methyl/N-ethyl adjacent to an activating group) is 1. The largest absolute Gasteiger partial charge is 0.472 e. The molecule has 0 saturated carbocycles. The minimum Gasteiger partial charge on any atom is -0.472 e. The molecule has 0 bridgehead atoms. The number of hydrogen-bond donors (Lipinski definition) is 2. The Bertz CT molecular complexity index is 607. The van der Waals surface area contributed by atoms with Gasteiger partial charge in [0.2, 0.25) is 0 Å². The van der Waals surface area contributed by atoms with Crippen LogP contribution in [0.25, 0.3) is 0 Å². The summed E-state index contributed by atoms with van der Waals surface area (Å²) in [7, 11) is 2.15. The van der Waals surface area contributed by atoms with Gasteiger partial charge in [0.1, 0.15) is 0 Å². The van der Waals surface area contributed by atoms with E-state index in [4.69, 9.17) is 4.42 Å². The summed E-state index contributed by atoms with van der Waals surface area (Å²) in [6.07, 6.45) is 3.24. The SMILES string of the molecule is CN1CCN([C@H](CNC(=O)NCc2ccoc2)c2cccs2)CC1. The predicted molar refractivity (Wildman–Crippen MR) is 95.1 cm³/mol. The number of thiophene rings is 1. The summed E-state index contributed by atoms with van der Waals surface area (Å²) in [5, 5.41) is 7.97. The number of carbonyl (C=O) groups is 1. The maximum Gasteiger partial charge on any atom is 0.315 e. The molecule has 24 heavy (non-hydrogen) atoms. The third kappa shape index (κ3) is 4.59. The van der Waals surface area contributed by atoms with Gasteiger partial charge in [0.15, 0.2) is 0 Å². The van der Waals surface area contributed by atoms with E-state index < -0.39 is 0 Å². The molecule has 1 fully saturated rings. The Morgan fingerprint density at radius 1 is 1.29 bits per heavy atom. The van der Waals surface area contributed by atoms with E-state index in [1.54, 1.807) is 23.9 Å². The van der Waals surface area contributed by atoms with Crippen LogP contribution in [-0.4, -0.2) is 55.6 Å². The van der Waals surface area contributed by atoms with Crippen LogP contribution in [0.3, 0.4) is 0 Å². The van der Waals surface area contributed by atoms with Crippen LogP contribution >= 0.6 is 11.3 Å². The molecule has 1 aliphatic heterocycles. The number of hydrogen-bond acceptors (Lipinski definition) is 5. The lowest BCUT2D eigenvalue weighted by molar-refractivity contribution is 0.112. The summed E-state index contributed by atoms with van der Waals surface area (Å²) < 4.78 is 5.00. The Morgan fingerprint density at radius 3 is 2.79 bits per heavy atom. The summed E-state index contributed by atoms with van der Waals surface area (Å²) in [4.78, 5) is 18.2. The summed E-state index contributed by atoms with van der Waals surface area (Å²) >= 11 is 1.75. The van der Waals surface area contributed by atoms with Crippen LogP contribution in [-0.2, 0) is 6.54 Å². The molecule has 7 heteroatoms. The van der Waals surface area contributed by atoms with Gasteiger partial charge in [0, 0.05) is 49.7 Å². The van der Waals surface area contributed by atoms with Gasteiger partial charge in [-0.1, -0.05) is 6.07 Å². The van der Waals surface area contributed by atoms with Crippen LogP contribution in [0.4, 0.5) is 4.79 Å². The standard InChI is InChI=1S/C17H24N4O2S/c1-20-5-7-21(8-6-20)15(16-3-2-10-24-16)12-19-17(22)18-11-14-4-9-23-13-14/h2-4,9-10,13,15H,5-8,11-12H2,1H3,(H2,18,19,22)/t15-/m1/s1. The fourth-order valence-corrected chi connectivity index (χ4v) is 3.71. The summed E-state index contributed by atoms with van der Waals surface area (Å²) in [5.41, 5.74) is 0.957. The fourth-order valence-electron chi connectivity index (χ4n) is 2.85. The van der Waals surface area contributed by atoms with E-state index in [2.05, 4.69) is 45.0 Å². The van der Waals surface area contributed by atoms with Gasteiger partial charge in [-0.25, -0.2) is 4.79 Å². The zero-order chi connectivity index (χ0) is 16.8. The Hall–Kier alpha value is -1.83. The van der Waals surface area contributed by atoms with Crippen molar-refractivity contribution in [3.05, 3.63) is 46.5 Å². The highest BCUT2D eigenvalue weighted by Crippen LogP contribution is 2.25. The average molecular weight is 348 g/mol. The zero-order valence-electron chi connectivity index (χ0n) is 13.9. The molecule has 3 heterocycles. The number of nitrogens with one attached hydrogen (secondary N) is 2. The zero-order valence-corrected chi connectivity index (χ0v) is 14.7. The van der Waals surface area contributed by atoms with E-state index in [1.165, 1.54) is 4.88 Å². The van der Waals surface area contributed by atoms with Crippen molar-refractivity contribution in [2.75, 3.05) is 39.8 Å². The van der Waals surface area contributed by atoms with Crippen molar-refractivity contribution >= 4 is 17.4 Å². The van der Waals surface area contributed by atoms with Crippen LogP contribution in [0.5, 0.6) is 0 Å². The molecule has 1 atom stereocenters. The summed E-state index contributed by atoms with van der Waals surface area (Å²) in [6.45, 7) is 5.26. The van der Waals surface area contributed by atoms with Crippen LogP contribution in [0, 0.1) is 0 Å². The van der Waals surface area contributed by atoms with E-state index in [0.717, 1.165) is 31.7 Å².